The number of primary amides is 1. The van der Waals surface area contributed by atoms with Crippen LogP contribution in [-0.4, -0.2) is 23.5 Å². The third-order valence-electron chi connectivity index (χ3n) is 2.40. The summed E-state index contributed by atoms with van der Waals surface area (Å²) >= 11 is 1.96. The van der Waals surface area contributed by atoms with Gasteiger partial charge in [0.15, 0.2) is 5.76 Å². The summed E-state index contributed by atoms with van der Waals surface area (Å²) in [5.41, 5.74) is 5.09. The Morgan fingerprint density at radius 2 is 2.53 bits per heavy atom. The van der Waals surface area contributed by atoms with E-state index in [4.69, 9.17) is 10.2 Å². The molecule has 3 N–H and O–H groups in total. The fourth-order valence-corrected chi connectivity index (χ4v) is 2.73. The number of carbonyl (C=O) groups excluding carboxylic acids is 1. The van der Waals surface area contributed by atoms with Gasteiger partial charge in [-0.2, -0.15) is 11.8 Å². The highest BCUT2D eigenvalue weighted by Gasteiger charge is 2.15. The minimum absolute atomic E-state index is 0.229. The van der Waals surface area contributed by atoms with Gasteiger partial charge in [-0.1, -0.05) is 0 Å². The van der Waals surface area contributed by atoms with E-state index < -0.39 is 5.91 Å². The summed E-state index contributed by atoms with van der Waals surface area (Å²) in [6.45, 7) is 0.665. The van der Waals surface area contributed by atoms with Crippen LogP contribution >= 0.6 is 11.8 Å². The molecular weight excluding hydrogens is 212 g/mol. The van der Waals surface area contributed by atoms with E-state index in [1.807, 2.05) is 11.8 Å². The topological polar surface area (TPSA) is 68.3 Å². The second-order valence-corrected chi connectivity index (χ2v) is 4.72. The average Bonchev–Trinajstić information content (AvgIpc) is 2.86. The maximum atomic E-state index is 10.8. The molecule has 1 unspecified atom stereocenters. The lowest BCUT2D eigenvalue weighted by molar-refractivity contribution is 0.0972. The lowest BCUT2D eigenvalue weighted by atomic mass is 10.2. The van der Waals surface area contributed by atoms with Crippen molar-refractivity contribution in [2.45, 2.75) is 19.0 Å². The van der Waals surface area contributed by atoms with Crippen LogP contribution in [0.2, 0.25) is 0 Å². The smallest absolute Gasteiger partial charge is 0.284 e. The highest BCUT2D eigenvalue weighted by atomic mass is 32.2. The van der Waals surface area contributed by atoms with Gasteiger partial charge < -0.3 is 15.5 Å². The normalized spacial score (nSPS) is 20.7. The molecule has 1 atom stereocenters. The number of furan rings is 1. The molecule has 0 spiro atoms. The summed E-state index contributed by atoms with van der Waals surface area (Å²) in [4.78, 5) is 10.8. The summed E-state index contributed by atoms with van der Waals surface area (Å²) in [6, 6.07) is 3.97. The zero-order chi connectivity index (χ0) is 10.7. The fourth-order valence-electron chi connectivity index (χ4n) is 1.55. The molecule has 82 valence electrons. The maximum Gasteiger partial charge on any atom is 0.284 e. The van der Waals surface area contributed by atoms with E-state index in [-0.39, 0.29) is 5.76 Å². The van der Waals surface area contributed by atoms with Gasteiger partial charge in [-0.15, -0.1) is 0 Å². The van der Waals surface area contributed by atoms with Gasteiger partial charge >= 0.3 is 0 Å². The highest BCUT2D eigenvalue weighted by Crippen LogP contribution is 2.17. The number of carbonyl (C=O) groups is 1. The Morgan fingerprint density at radius 3 is 3.13 bits per heavy atom. The fraction of sp³-hybridized carbons (Fsp3) is 0.500. The zero-order valence-corrected chi connectivity index (χ0v) is 9.18. The van der Waals surface area contributed by atoms with Crippen LogP contribution in [0.5, 0.6) is 0 Å². The Hall–Kier alpha value is -0.940. The Morgan fingerprint density at radius 1 is 1.67 bits per heavy atom. The average molecular weight is 226 g/mol. The molecule has 2 rings (SSSR count). The molecule has 1 aromatic heterocycles. The summed E-state index contributed by atoms with van der Waals surface area (Å²) in [7, 11) is 0. The van der Waals surface area contributed by atoms with Gasteiger partial charge in [0.05, 0.1) is 6.54 Å². The largest absolute Gasteiger partial charge is 0.455 e. The Bertz CT molecular complexity index is 345. The minimum Gasteiger partial charge on any atom is -0.455 e. The lowest BCUT2D eigenvalue weighted by Gasteiger charge is -2.08. The lowest BCUT2D eigenvalue weighted by Crippen LogP contribution is -2.27. The van der Waals surface area contributed by atoms with Crippen LogP contribution in [-0.2, 0) is 6.54 Å². The van der Waals surface area contributed by atoms with Crippen molar-refractivity contribution in [2.75, 3.05) is 11.5 Å². The molecule has 1 aliphatic rings. The molecule has 15 heavy (non-hydrogen) atoms. The van der Waals surface area contributed by atoms with Crippen molar-refractivity contribution in [1.82, 2.24) is 5.32 Å². The van der Waals surface area contributed by atoms with Gasteiger partial charge in [0.2, 0.25) is 0 Å². The predicted octanol–water partition coefficient (Wildman–Crippen LogP) is 0.974. The zero-order valence-electron chi connectivity index (χ0n) is 8.36. The quantitative estimate of drug-likeness (QED) is 0.803. The van der Waals surface area contributed by atoms with E-state index in [1.54, 1.807) is 12.1 Å². The molecule has 1 aromatic rings. The first-order valence-electron chi connectivity index (χ1n) is 4.95. The van der Waals surface area contributed by atoms with Crippen molar-refractivity contribution in [3.63, 3.8) is 0 Å². The number of thioether (sulfide) groups is 1. The highest BCUT2D eigenvalue weighted by molar-refractivity contribution is 7.99. The number of hydrogen-bond acceptors (Lipinski definition) is 4. The standard InChI is InChI=1S/C10H14N2O2S/c11-10(13)9-2-1-8(14-9)5-12-7-3-4-15-6-7/h1-2,7,12H,3-6H2,(H2,11,13). The van der Waals surface area contributed by atoms with Gasteiger partial charge in [0, 0.05) is 11.8 Å². The van der Waals surface area contributed by atoms with Crippen LogP contribution in [0.3, 0.4) is 0 Å². The third-order valence-corrected chi connectivity index (χ3v) is 3.56. The second-order valence-electron chi connectivity index (χ2n) is 3.57. The van der Waals surface area contributed by atoms with Crippen molar-refractivity contribution < 1.29 is 9.21 Å². The number of amides is 1. The van der Waals surface area contributed by atoms with Gasteiger partial charge in [-0.05, 0) is 24.3 Å². The molecule has 0 radical (unpaired) electrons. The number of hydrogen-bond donors (Lipinski definition) is 2. The first-order chi connectivity index (χ1) is 7.25. The van der Waals surface area contributed by atoms with Crippen molar-refractivity contribution in [3.8, 4) is 0 Å². The Balaban J connectivity index is 1.84. The van der Waals surface area contributed by atoms with Gasteiger partial charge in [-0.3, -0.25) is 4.79 Å². The van der Waals surface area contributed by atoms with Gasteiger partial charge in [0.25, 0.3) is 5.91 Å². The molecule has 1 aliphatic heterocycles. The molecule has 0 aliphatic carbocycles. The van der Waals surface area contributed by atoms with E-state index in [2.05, 4.69) is 5.32 Å². The van der Waals surface area contributed by atoms with Crippen molar-refractivity contribution in [3.05, 3.63) is 23.7 Å². The third kappa shape index (κ3) is 2.76. The molecule has 0 saturated carbocycles. The van der Waals surface area contributed by atoms with Crippen LogP contribution in [0.1, 0.15) is 22.7 Å². The molecule has 0 aromatic carbocycles. The Kier molecular flexibility index (Phi) is 3.33. The number of nitrogens with one attached hydrogen (secondary N) is 1. The molecule has 1 fully saturated rings. The molecule has 1 amide bonds. The summed E-state index contributed by atoms with van der Waals surface area (Å²) in [6.07, 6.45) is 1.20. The molecule has 1 saturated heterocycles. The van der Waals surface area contributed by atoms with Gasteiger partial charge in [-0.25, -0.2) is 0 Å². The van der Waals surface area contributed by atoms with Crippen LogP contribution < -0.4 is 11.1 Å². The second kappa shape index (κ2) is 4.72. The van der Waals surface area contributed by atoms with Crippen molar-refractivity contribution >= 4 is 17.7 Å². The molecule has 4 nitrogen and oxygen atoms in total. The number of rotatable bonds is 4. The number of nitrogens with two attached hydrogens (primary N) is 1. The molecule has 0 bridgehead atoms. The van der Waals surface area contributed by atoms with Crippen LogP contribution in [0.15, 0.2) is 16.5 Å². The monoisotopic (exact) mass is 226 g/mol. The first-order valence-corrected chi connectivity index (χ1v) is 6.11. The first kappa shape index (κ1) is 10.6. The van der Waals surface area contributed by atoms with Crippen LogP contribution in [0.25, 0.3) is 0 Å². The van der Waals surface area contributed by atoms with Gasteiger partial charge in [0.1, 0.15) is 5.76 Å². The van der Waals surface area contributed by atoms with E-state index in [9.17, 15) is 4.79 Å². The van der Waals surface area contributed by atoms with Crippen LogP contribution in [0, 0.1) is 0 Å². The summed E-state index contributed by atoms with van der Waals surface area (Å²) in [5.74, 6) is 2.86. The minimum atomic E-state index is -0.516. The van der Waals surface area contributed by atoms with E-state index in [0.717, 1.165) is 11.5 Å². The molecule has 5 heteroatoms. The maximum absolute atomic E-state index is 10.8. The van der Waals surface area contributed by atoms with E-state index in [0.29, 0.717) is 12.6 Å². The van der Waals surface area contributed by atoms with E-state index >= 15 is 0 Å². The predicted molar refractivity (Wildman–Crippen MR) is 59.8 cm³/mol. The van der Waals surface area contributed by atoms with Crippen molar-refractivity contribution in [1.29, 1.82) is 0 Å². The van der Waals surface area contributed by atoms with E-state index in [1.165, 1.54) is 12.2 Å². The molecule has 2 heterocycles. The summed E-state index contributed by atoms with van der Waals surface area (Å²) in [5, 5.41) is 3.38. The SMILES string of the molecule is NC(=O)c1ccc(CNC2CCSC2)o1. The van der Waals surface area contributed by atoms with Crippen LogP contribution in [0.4, 0.5) is 0 Å². The molecular formula is C10H14N2O2S. The Labute approximate surface area is 92.6 Å². The summed E-state index contributed by atoms with van der Waals surface area (Å²) < 4.78 is 5.26. The van der Waals surface area contributed by atoms with Crippen molar-refractivity contribution in [2.24, 2.45) is 5.73 Å².